The summed E-state index contributed by atoms with van der Waals surface area (Å²) < 4.78 is 5.28. The van der Waals surface area contributed by atoms with Crippen molar-refractivity contribution < 1.29 is 14.1 Å². The molecule has 148 valence electrons. The first-order valence-electron chi connectivity index (χ1n) is 10.6. The van der Waals surface area contributed by atoms with Crippen molar-refractivity contribution in [2.45, 2.75) is 83.2 Å². The van der Waals surface area contributed by atoms with Crippen molar-refractivity contribution in [3.05, 3.63) is 17.5 Å². The highest BCUT2D eigenvalue weighted by Crippen LogP contribution is 2.40. The molecule has 3 fully saturated rings. The van der Waals surface area contributed by atoms with Gasteiger partial charge in [0.25, 0.3) is 5.91 Å². The molecule has 0 bridgehead atoms. The van der Waals surface area contributed by atoms with E-state index in [9.17, 15) is 9.59 Å². The molecule has 2 amide bonds. The molecule has 0 spiro atoms. The Balaban J connectivity index is 1.28. The van der Waals surface area contributed by atoms with Gasteiger partial charge in [-0.25, -0.2) is 0 Å². The van der Waals surface area contributed by atoms with Crippen LogP contribution in [0.1, 0.15) is 87.4 Å². The van der Waals surface area contributed by atoms with Gasteiger partial charge in [-0.05, 0) is 64.2 Å². The van der Waals surface area contributed by atoms with Crippen LogP contribution in [0.25, 0.3) is 0 Å². The van der Waals surface area contributed by atoms with Crippen molar-refractivity contribution in [2.75, 3.05) is 6.54 Å². The summed E-state index contributed by atoms with van der Waals surface area (Å²) in [5.41, 5.74) is 0.374. The maximum Gasteiger partial charge on any atom is 0.273 e. The minimum Gasteiger partial charge on any atom is -0.360 e. The number of likely N-dealkylation sites (tertiary alicyclic amines) is 1. The number of nitrogens with one attached hydrogen (secondary N) is 1. The van der Waals surface area contributed by atoms with Crippen molar-refractivity contribution in [3.8, 4) is 0 Å². The molecule has 1 aromatic heterocycles. The van der Waals surface area contributed by atoms with E-state index in [1.165, 1.54) is 0 Å². The van der Waals surface area contributed by atoms with Crippen molar-refractivity contribution in [2.24, 2.45) is 11.8 Å². The largest absolute Gasteiger partial charge is 0.360 e. The van der Waals surface area contributed by atoms with Gasteiger partial charge < -0.3 is 14.7 Å². The summed E-state index contributed by atoms with van der Waals surface area (Å²) in [5.74, 6) is 2.40. The lowest BCUT2D eigenvalue weighted by Gasteiger charge is -2.40. The van der Waals surface area contributed by atoms with Gasteiger partial charge in [0, 0.05) is 36.5 Å². The third kappa shape index (κ3) is 4.19. The van der Waals surface area contributed by atoms with Crippen LogP contribution in [0.5, 0.6) is 0 Å². The maximum atomic E-state index is 12.9. The fraction of sp³-hybridized carbons (Fsp3) is 0.762. The number of rotatable bonds is 4. The molecule has 3 aliphatic rings. The second kappa shape index (κ2) is 7.64. The van der Waals surface area contributed by atoms with Crippen LogP contribution in [0.4, 0.5) is 0 Å². The normalized spacial score (nSPS) is 31.6. The SMILES string of the molecule is CC1CCC(C(=O)N2CC[C@@H](NC(=O)c3cc(C4CC4)on3)C[C@@H]2C)CC1. The van der Waals surface area contributed by atoms with Gasteiger partial charge in [0.1, 0.15) is 5.76 Å². The third-order valence-electron chi connectivity index (χ3n) is 6.60. The Bertz CT molecular complexity index is 689. The summed E-state index contributed by atoms with van der Waals surface area (Å²) in [7, 11) is 0. The number of carbonyl (C=O) groups excluding carboxylic acids is 2. The molecule has 2 saturated carbocycles. The Morgan fingerprint density at radius 2 is 1.85 bits per heavy atom. The zero-order valence-electron chi connectivity index (χ0n) is 16.4. The first kappa shape index (κ1) is 18.5. The van der Waals surface area contributed by atoms with Crippen molar-refractivity contribution in [1.29, 1.82) is 0 Å². The minimum absolute atomic E-state index is 0.0870. The third-order valence-corrected chi connectivity index (χ3v) is 6.60. The number of hydrogen-bond acceptors (Lipinski definition) is 4. The highest BCUT2D eigenvalue weighted by Gasteiger charge is 2.35. The fourth-order valence-electron chi connectivity index (χ4n) is 4.59. The second-order valence-corrected chi connectivity index (χ2v) is 8.92. The second-order valence-electron chi connectivity index (χ2n) is 8.92. The van der Waals surface area contributed by atoms with E-state index in [-0.39, 0.29) is 23.9 Å². The molecule has 1 aromatic rings. The zero-order chi connectivity index (χ0) is 19.0. The smallest absolute Gasteiger partial charge is 0.273 e. The van der Waals surface area contributed by atoms with E-state index in [0.29, 0.717) is 17.5 Å². The summed E-state index contributed by atoms with van der Waals surface area (Å²) in [6.45, 7) is 5.10. The lowest BCUT2D eigenvalue weighted by Crippen LogP contribution is -2.52. The molecular formula is C21H31N3O3. The molecule has 2 atom stereocenters. The summed E-state index contributed by atoms with van der Waals surface area (Å²) in [6.07, 6.45) is 8.24. The predicted octanol–water partition coefficient (Wildman–Crippen LogP) is 3.49. The van der Waals surface area contributed by atoms with Crippen LogP contribution < -0.4 is 5.32 Å². The van der Waals surface area contributed by atoms with Crippen LogP contribution in [-0.4, -0.2) is 40.5 Å². The monoisotopic (exact) mass is 373 g/mol. The molecule has 27 heavy (non-hydrogen) atoms. The van der Waals surface area contributed by atoms with Crippen molar-refractivity contribution in [3.63, 3.8) is 0 Å². The van der Waals surface area contributed by atoms with Gasteiger partial charge >= 0.3 is 0 Å². The van der Waals surface area contributed by atoms with Crippen LogP contribution in [0.2, 0.25) is 0 Å². The molecule has 6 nitrogen and oxygen atoms in total. The van der Waals surface area contributed by atoms with Gasteiger partial charge in [-0.2, -0.15) is 0 Å². The maximum absolute atomic E-state index is 12.9. The Labute approximate surface area is 161 Å². The molecule has 6 heteroatoms. The van der Waals surface area contributed by atoms with Gasteiger partial charge in [0.15, 0.2) is 5.69 Å². The lowest BCUT2D eigenvalue weighted by atomic mass is 9.81. The van der Waals surface area contributed by atoms with E-state index in [4.69, 9.17) is 4.52 Å². The summed E-state index contributed by atoms with van der Waals surface area (Å²) in [5, 5.41) is 7.00. The quantitative estimate of drug-likeness (QED) is 0.877. The molecular weight excluding hydrogens is 342 g/mol. The van der Waals surface area contributed by atoms with Crippen LogP contribution >= 0.6 is 0 Å². The molecule has 1 aliphatic heterocycles. The van der Waals surface area contributed by atoms with Crippen molar-refractivity contribution >= 4 is 11.8 Å². The number of carbonyl (C=O) groups is 2. The van der Waals surface area contributed by atoms with Crippen LogP contribution in [0.15, 0.2) is 10.6 Å². The number of aromatic nitrogens is 1. The molecule has 1 saturated heterocycles. The molecule has 0 radical (unpaired) electrons. The average Bonchev–Trinajstić information content (AvgIpc) is 3.38. The van der Waals surface area contributed by atoms with Crippen LogP contribution in [0, 0.1) is 11.8 Å². The standard InChI is InChI=1S/C21H31N3O3/c1-13-3-5-16(6-4-13)21(26)24-10-9-17(11-14(24)2)22-20(25)18-12-19(27-23-18)15-7-8-15/h12-17H,3-11H2,1-2H3,(H,22,25)/t13?,14-,16?,17+/m0/s1. The van der Waals surface area contributed by atoms with Crippen LogP contribution in [0.3, 0.4) is 0 Å². The Morgan fingerprint density at radius 1 is 1.11 bits per heavy atom. The highest BCUT2D eigenvalue weighted by molar-refractivity contribution is 5.92. The van der Waals surface area contributed by atoms with E-state index in [0.717, 1.165) is 69.6 Å². The summed E-state index contributed by atoms with van der Waals surface area (Å²) in [6, 6.07) is 2.03. The lowest BCUT2D eigenvalue weighted by molar-refractivity contribution is -0.140. The molecule has 4 rings (SSSR count). The van der Waals surface area contributed by atoms with E-state index in [1.54, 1.807) is 6.07 Å². The van der Waals surface area contributed by atoms with Gasteiger partial charge in [-0.15, -0.1) is 0 Å². The molecule has 1 N–H and O–H groups in total. The zero-order valence-corrected chi connectivity index (χ0v) is 16.4. The number of piperidine rings is 1. The number of amides is 2. The molecule has 2 aliphatic carbocycles. The first-order valence-corrected chi connectivity index (χ1v) is 10.6. The minimum atomic E-state index is -0.163. The predicted molar refractivity (Wildman–Crippen MR) is 101 cm³/mol. The fourth-order valence-corrected chi connectivity index (χ4v) is 4.59. The Morgan fingerprint density at radius 3 is 2.52 bits per heavy atom. The number of hydrogen-bond donors (Lipinski definition) is 1. The molecule has 0 unspecified atom stereocenters. The summed E-state index contributed by atoms with van der Waals surface area (Å²) >= 11 is 0. The average molecular weight is 373 g/mol. The Kier molecular flexibility index (Phi) is 5.24. The first-order chi connectivity index (χ1) is 13.0. The van der Waals surface area contributed by atoms with Gasteiger partial charge in [-0.1, -0.05) is 12.1 Å². The Hall–Kier alpha value is -1.85. The van der Waals surface area contributed by atoms with E-state index >= 15 is 0 Å². The highest BCUT2D eigenvalue weighted by atomic mass is 16.5. The van der Waals surface area contributed by atoms with E-state index in [2.05, 4.69) is 24.3 Å². The van der Waals surface area contributed by atoms with E-state index in [1.807, 2.05) is 4.90 Å². The molecule has 2 heterocycles. The topological polar surface area (TPSA) is 75.4 Å². The van der Waals surface area contributed by atoms with E-state index < -0.39 is 0 Å². The summed E-state index contributed by atoms with van der Waals surface area (Å²) in [4.78, 5) is 27.4. The number of nitrogens with zero attached hydrogens (tertiary/aromatic N) is 2. The van der Waals surface area contributed by atoms with Crippen molar-refractivity contribution in [1.82, 2.24) is 15.4 Å². The van der Waals surface area contributed by atoms with Gasteiger partial charge in [-0.3, -0.25) is 9.59 Å². The van der Waals surface area contributed by atoms with Gasteiger partial charge in [0.05, 0.1) is 0 Å². The van der Waals surface area contributed by atoms with Crippen LogP contribution in [-0.2, 0) is 4.79 Å². The molecule has 0 aromatic carbocycles. The van der Waals surface area contributed by atoms with Gasteiger partial charge in [0.2, 0.25) is 5.91 Å².